The van der Waals surface area contributed by atoms with E-state index in [0.29, 0.717) is 0 Å². The summed E-state index contributed by atoms with van der Waals surface area (Å²) in [6.45, 7) is 0. The molecule has 0 spiro atoms. The van der Waals surface area contributed by atoms with E-state index < -0.39 is 28.3 Å². The molecule has 0 unspecified atom stereocenters. The van der Waals surface area contributed by atoms with Crippen molar-refractivity contribution >= 4 is 36.3 Å². The standard InChI is InChI=1S/C2H2Cl2O.H3N2O3.H2NO3.NO3.2H3N.H3O4P/c3-1-2(4)5;1-5-2(3)4;2*2-1(3)4;;;1-5(2,3)4/h1H2;1H3;(H2,2,3,4);;2*1H3;(H3,1,2,3,4)/q;2*+1;-1;;;/p-2. The van der Waals surface area contributed by atoms with Gasteiger partial charge in [0, 0.05) is 0 Å². The molecule has 20 nitrogen and oxygen atoms in total. The van der Waals surface area contributed by atoms with Gasteiger partial charge >= 0.3 is 10.2 Å². The Morgan fingerprint density at radius 3 is 1.20 bits per heavy atom. The van der Waals surface area contributed by atoms with Crippen LogP contribution in [0.25, 0.3) is 0 Å². The first-order chi connectivity index (χ1) is 10.0. The number of halogens is 2. The molecule has 0 aromatic carbocycles. The van der Waals surface area contributed by atoms with Crippen LogP contribution in [0.1, 0.15) is 0 Å². The summed E-state index contributed by atoms with van der Waals surface area (Å²) in [5.74, 6) is 2.39. The van der Waals surface area contributed by atoms with Crippen LogP contribution in [-0.4, -0.2) is 41.7 Å². The molecule has 0 heterocycles. The molecule has 23 heteroatoms. The van der Waals surface area contributed by atoms with Gasteiger partial charge in [0.15, 0.2) is 0 Å². The Morgan fingerprint density at radius 2 is 1.20 bits per heavy atom. The second-order valence-corrected chi connectivity index (χ2v) is 3.41. The molecule has 0 aromatic heterocycles. The zero-order valence-electron chi connectivity index (χ0n) is 11.7. The first-order valence-electron chi connectivity index (χ1n) is 3.73. The fraction of sp³-hybridized carbons (Fsp3) is 0.500. The number of phosphoric acid groups is 1. The normalized spacial score (nSPS) is 7.12. The number of nitrogens with zero attached hydrogens (tertiary/aromatic N) is 3. The summed E-state index contributed by atoms with van der Waals surface area (Å²) < 4.78 is 8.66. The smallest absolute Gasteiger partial charge is 0.472 e. The Morgan fingerprint density at radius 1 is 1.12 bits per heavy atom. The van der Waals surface area contributed by atoms with Gasteiger partial charge < -0.3 is 46.9 Å². The van der Waals surface area contributed by atoms with Crippen LogP contribution in [0.4, 0.5) is 0 Å². The van der Waals surface area contributed by atoms with Crippen molar-refractivity contribution in [3.05, 3.63) is 30.3 Å². The van der Waals surface area contributed by atoms with Gasteiger partial charge in [0.05, 0.1) is 18.8 Å². The highest BCUT2D eigenvalue weighted by Crippen LogP contribution is 2.11. The lowest BCUT2D eigenvalue weighted by Gasteiger charge is -2.19. The molecule has 0 saturated carbocycles. The lowest BCUT2D eigenvalue weighted by atomic mass is 10.9. The second kappa shape index (κ2) is 29.8. The van der Waals surface area contributed by atoms with Gasteiger partial charge in [-0.1, -0.05) is 0 Å². The number of carbonyl (C=O) groups excluding carboxylic acids is 1. The van der Waals surface area contributed by atoms with Crippen molar-refractivity contribution in [2.45, 2.75) is 0 Å². The van der Waals surface area contributed by atoms with Gasteiger partial charge in [-0.2, -0.15) is 5.90 Å². The predicted molar refractivity (Wildman–Crippen MR) is 70.0 cm³/mol. The van der Waals surface area contributed by atoms with E-state index in [9.17, 15) is 4.79 Å². The number of hydrogen-bond acceptors (Lipinski definition) is 13. The van der Waals surface area contributed by atoms with E-state index >= 15 is 0 Å². The van der Waals surface area contributed by atoms with Crippen molar-refractivity contribution < 1.29 is 60.5 Å². The van der Waals surface area contributed by atoms with Crippen LogP contribution in [0.5, 0.6) is 0 Å². The molecule has 0 aliphatic rings. The maximum atomic E-state index is 9.45. The minimum absolute atomic E-state index is 0. The maximum Gasteiger partial charge on any atom is 0.472 e. The van der Waals surface area contributed by atoms with Crippen molar-refractivity contribution in [2.24, 2.45) is 0 Å². The zero-order valence-corrected chi connectivity index (χ0v) is 14.1. The topological polar surface area (TPSA) is 377 Å². The van der Waals surface area contributed by atoms with Crippen molar-refractivity contribution in [1.29, 1.82) is 0 Å². The number of alkyl halides is 1. The Hall–Kier alpha value is -2.16. The monoisotopic (exact) mass is 447 g/mol. The van der Waals surface area contributed by atoms with Crippen LogP contribution in [-0.2, 0) is 14.3 Å². The Kier molecular flexibility index (Phi) is 51.8. The molecule has 0 radical (unpaired) electrons. The van der Waals surface area contributed by atoms with E-state index in [2.05, 4.69) is 10.8 Å². The van der Waals surface area contributed by atoms with Crippen molar-refractivity contribution in [3.63, 3.8) is 0 Å². The van der Waals surface area contributed by atoms with E-state index in [4.69, 9.17) is 83.2 Å². The van der Waals surface area contributed by atoms with Crippen molar-refractivity contribution in [2.75, 3.05) is 5.88 Å². The first kappa shape index (κ1) is 43.4. The van der Waals surface area contributed by atoms with E-state index in [-0.39, 0.29) is 18.2 Å². The zero-order chi connectivity index (χ0) is 20.2. The number of quaternary nitrogens is 1. The number of rotatable bonds is 2. The fourth-order valence-electron chi connectivity index (χ4n) is 0. The highest BCUT2D eigenvalue weighted by atomic mass is 35.5. The van der Waals surface area contributed by atoms with Crippen LogP contribution < -0.4 is 28.0 Å². The lowest BCUT2D eigenvalue weighted by molar-refractivity contribution is -1.00. The fourth-order valence-corrected chi connectivity index (χ4v) is 0. The third-order valence-electron chi connectivity index (χ3n) is 0.210. The van der Waals surface area contributed by atoms with Gasteiger partial charge in [0.1, 0.15) is 4.91 Å². The Labute approximate surface area is 146 Å². The minimum Gasteiger partial charge on any atom is -0.790 e. The van der Waals surface area contributed by atoms with E-state index in [0.717, 1.165) is 0 Å². The van der Waals surface area contributed by atoms with Gasteiger partial charge in [-0.05, 0) is 11.6 Å². The predicted octanol–water partition coefficient (Wildman–Crippen LogP) is -3.22. The molecule has 0 atom stereocenters. The molecule has 0 aromatic rings. The molecule has 25 heavy (non-hydrogen) atoms. The lowest BCUT2D eigenvalue weighted by Crippen LogP contribution is -2.50. The molecular weight excluding hydrogens is 434 g/mol. The average Bonchev–Trinajstić information content (AvgIpc) is 2.25. The third-order valence-corrected chi connectivity index (χ3v) is 0.724. The SMILES string of the molecule is N.N.O=C(Cl)CCl.O=P([O-])([O-])O.O=[N+](O)O.O=[N+]([O-])[O-].[NH3+]O[N+](=O)[O-]. The maximum absolute atomic E-state index is 9.45. The number of carbonyl (C=O) groups is 1. The van der Waals surface area contributed by atoms with Crippen LogP contribution in [0.15, 0.2) is 0 Å². The average molecular weight is 448 g/mol. The molecular formula is C2H14Cl2N6O14P-. The summed E-state index contributed by atoms with van der Waals surface area (Å²) in [6.07, 6.45) is 0. The van der Waals surface area contributed by atoms with E-state index in [1.807, 2.05) is 0 Å². The summed E-state index contributed by atoms with van der Waals surface area (Å²) >= 11 is 9.55. The summed E-state index contributed by atoms with van der Waals surface area (Å²) in [6, 6.07) is 0. The molecule has 0 amide bonds. The largest absolute Gasteiger partial charge is 0.790 e. The van der Waals surface area contributed by atoms with E-state index in [1.165, 1.54) is 0 Å². The minimum atomic E-state index is -5.14. The van der Waals surface area contributed by atoms with Gasteiger partial charge in [-0.3, -0.25) is 4.79 Å². The van der Waals surface area contributed by atoms with Gasteiger partial charge in [0.25, 0.3) is 0 Å². The van der Waals surface area contributed by atoms with Crippen LogP contribution >= 0.6 is 31.0 Å². The van der Waals surface area contributed by atoms with Gasteiger partial charge in [-0.25, -0.2) is 10.4 Å². The van der Waals surface area contributed by atoms with Crippen molar-refractivity contribution in [3.8, 4) is 0 Å². The molecule has 0 bridgehead atoms. The Balaban J connectivity index is -0.0000000319. The molecule has 0 rings (SSSR count). The summed E-state index contributed by atoms with van der Waals surface area (Å²) in [7, 11) is -5.14. The molecule has 156 valence electrons. The van der Waals surface area contributed by atoms with Gasteiger partial charge in [0.2, 0.25) is 5.24 Å². The molecule has 0 aliphatic carbocycles. The Bertz CT molecular complexity index is 345. The van der Waals surface area contributed by atoms with Crippen LogP contribution in [0.3, 0.4) is 0 Å². The first-order valence-corrected chi connectivity index (χ1v) is 6.14. The highest BCUT2D eigenvalue weighted by Gasteiger charge is 1.83. The van der Waals surface area contributed by atoms with Crippen LogP contribution in [0.2, 0.25) is 0 Å². The summed E-state index contributed by atoms with van der Waals surface area (Å²) in [5, 5.41) is 34.7. The molecule has 0 aliphatic heterocycles. The molecule has 12 N–H and O–H groups in total. The second-order valence-electron chi connectivity index (χ2n) is 1.79. The quantitative estimate of drug-likeness (QED) is 0.0794. The molecule has 0 saturated heterocycles. The van der Waals surface area contributed by atoms with Crippen LogP contribution in [0, 0.1) is 30.3 Å². The van der Waals surface area contributed by atoms with Gasteiger partial charge in [-0.15, -0.1) is 26.7 Å². The summed E-state index contributed by atoms with van der Waals surface area (Å²) in [5.41, 5.74) is 0. The molecule has 0 fully saturated rings. The highest BCUT2D eigenvalue weighted by molar-refractivity contribution is 7.42. The van der Waals surface area contributed by atoms with Crippen molar-refractivity contribution in [1.82, 2.24) is 12.3 Å². The summed E-state index contributed by atoms with van der Waals surface area (Å²) in [4.78, 5) is 62.6. The number of hydrogen-bond donors (Lipinski definition) is 6. The van der Waals surface area contributed by atoms with E-state index in [1.54, 1.807) is 0 Å². The third kappa shape index (κ3) is 2540.